The molecule has 238 valence electrons. The molecule has 4 aromatic carbocycles. The maximum absolute atomic E-state index is 13.8. The standard InChI is InChI=1S/C38H36N4O5/c1-26-21-29(22-36(43)45-4)15-17-31(26)40(2)30-16-18-32-34(23-30)41(3)38(44)42(32)33-19-20-35(46-24-27-11-7-5-8-12-27)39-37(33)47-25-28-13-9-6-10-14-28/h5-21,23H,22,24-25H2,1-4H3. The van der Waals surface area contributed by atoms with Gasteiger partial charge in [0, 0.05) is 31.5 Å². The first-order valence-corrected chi connectivity index (χ1v) is 15.3. The lowest BCUT2D eigenvalue weighted by molar-refractivity contribution is -0.139. The van der Waals surface area contributed by atoms with Crippen molar-refractivity contribution in [2.24, 2.45) is 7.05 Å². The van der Waals surface area contributed by atoms with E-state index in [4.69, 9.17) is 19.2 Å². The summed E-state index contributed by atoms with van der Waals surface area (Å²) in [5.41, 5.74) is 7.52. The number of benzene rings is 4. The molecule has 0 fully saturated rings. The SMILES string of the molecule is COC(=O)Cc1ccc(N(C)c2ccc3c(c2)n(C)c(=O)n3-c2ccc(OCc3ccccc3)nc2OCc2ccccc2)c(C)c1. The van der Waals surface area contributed by atoms with E-state index in [0.29, 0.717) is 23.7 Å². The minimum absolute atomic E-state index is 0.217. The number of hydrogen-bond acceptors (Lipinski definition) is 7. The maximum atomic E-state index is 13.8. The summed E-state index contributed by atoms with van der Waals surface area (Å²) in [7, 11) is 5.12. The van der Waals surface area contributed by atoms with Gasteiger partial charge in [0.15, 0.2) is 0 Å². The third-order valence-corrected chi connectivity index (χ3v) is 8.13. The minimum Gasteiger partial charge on any atom is -0.473 e. The number of hydrogen-bond donors (Lipinski definition) is 0. The van der Waals surface area contributed by atoms with E-state index < -0.39 is 0 Å². The number of fused-ring (bicyclic) bond motifs is 1. The molecule has 0 radical (unpaired) electrons. The van der Waals surface area contributed by atoms with Crippen molar-refractivity contribution < 1.29 is 19.0 Å². The van der Waals surface area contributed by atoms with Gasteiger partial charge in [0.25, 0.3) is 0 Å². The molecule has 6 aromatic rings. The second-order valence-electron chi connectivity index (χ2n) is 11.3. The predicted molar refractivity (Wildman–Crippen MR) is 183 cm³/mol. The molecular weight excluding hydrogens is 592 g/mol. The summed E-state index contributed by atoms with van der Waals surface area (Å²) in [5.74, 6) is 0.406. The quantitative estimate of drug-likeness (QED) is 0.148. The zero-order chi connectivity index (χ0) is 32.9. The Labute approximate surface area is 273 Å². The number of carbonyl (C=O) groups is 1. The van der Waals surface area contributed by atoms with Crippen LogP contribution in [0.15, 0.2) is 114 Å². The molecule has 2 aromatic heterocycles. The highest BCUT2D eigenvalue weighted by Gasteiger charge is 2.20. The normalized spacial score (nSPS) is 11.0. The van der Waals surface area contributed by atoms with Crippen molar-refractivity contribution in [1.29, 1.82) is 0 Å². The highest BCUT2D eigenvalue weighted by molar-refractivity contribution is 5.84. The van der Waals surface area contributed by atoms with E-state index in [1.807, 2.05) is 117 Å². The number of pyridine rings is 1. The van der Waals surface area contributed by atoms with Crippen molar-refractivity contribution in [3.05, 3.63) is 142 Å². The third-order valence-electron chi connectivity index (χ3n) is 8.13. The number of esters is 1. The van der Waals surface area contributed by atoms with Gasteiger partial charge in [0.05, 0.1) is 24.6 Å². The highest BCUT2D eigenvalue weighted by atomic mass is 16.5. The lowest BCUT2D eigenvalue weighted by atomic mass is 10.1. The lowest BCUT2D eigenvalue weighted by Crippen LogP contribution is -2.21. The van der Waals surface area contributed by atoms with Crippen molar-refractivity contribution in [2.45, 2.75) is 26.6 Å². The Morgan fingerprint density at radius 1 is 0.787 bits per heavy atom. The molecule has 0 atom stereocenters. The smallest absolute Gasteiger partial charge is 0.333 e. The number of rotatable bonds is 11. The van der Waals surface area contributed by atoms with Gasteiger partial charge in [-0.15, -0.1) is 0 Å². The van der Waals surface area contributed by atoms with Crippen LogP contribution in [0.5, 0.6) is 11.8 Å². The second-order valence-corrected chi connectivity index (χ2v) is 11.3. The molecule has 47 heavy (non-hydrogen) atoms. The van der Waals surface area contributed by atoms with Gasteiger partial charge < -0.3 is 19.1 Å². The van der Waals surface area contributed by atoms with E-state index in [9.17, 15) is 9.59 Å². The zero-order valence-electron chi connectivity index (χ0n) is 26.8. The first-order chi connectivity index (χ1) is 22.8. The van der Waals surface area contributed by atoms with Crippen molar-refractivity contribution in [2.75, 3.05) is 19.1 Å². The molecule has 6 rings (SSSR count). The number of ether oxygens (including phenoxy) is 3. The molecule has 0 spiro atoms. The number of nitrogens with zero attached hydrogens (tertiary/aromatic N) is 4. The van der Waals surface area contributed by atoms with E-state index in [0.717, 1.165) is 39.1 Å². The Bertz CT molecular complexity index is 2090. The van der Waals surface area contributed by atoms with Crippen LogP contribution in [0, 0.1) is 6.92 Å². The topological polar surface area (TPSA) is 87.8 Å². The summed E-state index contributed by atoms with van der Waals surface area (Å²) in [5, 5.41) is 0. The van der Waals surface area contributed by atoms with Gasteiger partial charge >= 0.3 is 11.7 Å². The number of aryl methyl sites for hydroxylation is 2. The van der Waals surface area contributed by atoms with Gasteiger partial charge in [-0.05, 0) is 59.5 Å². The van der Waals surface area contributed by atoms with Crippen LogP contribution in [-0.4, -0.2) is 34.2 Å². The fourth-order valence-corrected chi connectivity index (χ4v) is 5.58. The van der Waals surface area contributed by atoms with E-state index in [1.54, 1.807) is 22.2 Å². The fourth-order valence-electron chi connectivity index (χ4n) is 5.58. The van der Waals surface area contributed by atoms with Crippen molar-refractivity contribution >= 4 is 28.4 Å². The number of anilines is 2. The largest absolute Gasteiger partial charge is 0.473 e. The minimum atomic E-state index is -0.278. The summed E-state index contributed by atoms with van der Waals surface area (Å²) in [4.78, 5) is 32.4. The molecule has 0 amide bonds. The van der Waals surface area contributed by atoms with Crippen LogP contribution in [0.2, 0.25) is 0 Å². The van der Waals surface area contributed by atoms with Gasteiger partial charge in [-0.25, -0.2) is 4.79 Å². The number of aromatic nitrogens is 3. The molecule has 0 unspecified atom stereocenters. The number of imidazole rings is 1. The van der Waals surface area contributed by atoms with Crippen molar-refractivity contribution in [3.8, 4) is 17.4 Å². The third kappa shape index (κ3) is 6.74. The summed E-state index contributed by atoms with van der Waals surface area (Å²) in [6.07, 6.45) is 0.217. The average Bonchev–Trinajstić information content (AvgIpc) is 3.35. The highest BCUT2D eigenvalue weighted by Crippen LogP contribution is 2.32. The van der Waals surface area contributed by atoms with Crippen LogP contribution in [0.1, 0.15) is 22.3 Å². The van der Waals surface area contributed by atoms with Gasteiger partial charge in [-0.2, -0.15) is 4.98 Å². The number of carbonyl (C=O) groups excluding carboxylic acids is 1. The summed E-state index contributed by atoms with van der Waals surface area (Å²) in [6, 6.07) is 35.1. The zero-order valence-corrected chi connectivity index (χ0v) is 26.8. The fraction of sp³-hybridized carbons (Fsp3) is 0.184. The first kappa shape index (κ1) is 31.2. The van der Waals surface area contributed by atoms with Crippen LogP contribution in [0.4, 0.5) is 11.4 Å². The molecule has 0 bridgehead atoms. The summed E-state index contributed by atoms with van der Waals surface area (Å²) < 4.78 is 20.3. The molecular formula is C38H36N4O5. The molecule has 0 saturated carbocycles. The molecule has 0 aliphatic heterocycles. The Kier molecular flexibility index (Phi) is 9.06. The van der Waals surface area contributed by atoms with E-state index in [2.05, 4.69) is 4.90 Å². The van der Waals surface area contributed by atoms with Crippen LogP contribution >= 0.6 is 0 Å². The summed E-state index contributed by atoms with van der Waals surface area (Å²) in [6.45, 7) is 2.63. The number of methoxy groups -OCH3 is 1. The van der Waals surface area contributed by atoms with E-state index in [1.165, 1.54) is 7.11 Å². The van der Waals surface area contributed by atoms with Crippen molar-refractivity contribution in [3.63, 3.8) is 0 Å². The maximum Gasteiger partial charge on any atom is 0.333 e. The lowest BCUT2D eigenvalue weighted by Gasteiger charge is -2.22. The van der Waals surface area contributed by atoms with Crippen LogP contribution < -0.4 is 20.1 Å². The van der Waals surface area contributed by atoms with Gasteiger partial charge in [0.1, 0.15) is 18.9 Å². The first-order valence-electron chi connectivity index (χ1n) is 15.3. The Morgan fingerprint density at radius 2 is 1.47 bits per heavy atom. The van der Waals surface area contributed by atoms with Gasteiger partial charge in [-0.3, -0.25) is 13.9 Å². The Hall–Kier alpha value is -5.83. The molecule has 2 heterocycles. The average molecular weight is 629 g/mol. The molecule has 0 aliphatic carbocycles. The van der Waals surface area contributed by atoms with Gasteiger partial charge in [-0.1, -0.05) is 72.8 Å². The molecule has 0 saturated heterocycles. The monoisotopic (exact) mass is 628 g/mol. The van der Waals surface area contributed by atoms with E-state index >= 15 is 0 Å². The Morgan fingerprint density at radius 3 is 2.13 bits per heavy atom. The predicted octanol–water partition coefficient (Wildman–Crippen LogP) is 6.67. The molecule has 0 N–H and O–H groups in total. The Balaban J connectivity index is 1.35. The van der Waals surface area contributed by atoms with E-state index in [-0.39, 0.29) is 30.6 Å². The van der Waals surface area contributed by atoms with Gasteiger partial charge in [0.2, 0.25) is 11.8 Å². The molecule has 9 heteroatoms. The second kappa shape index (κ2) is 13.7. The molecule has 0 aliphatic rings. The van der Waals surface area contributed by atoms with Crippen LogP contribution in [0.3, 0.4) is 0 Å². The van der Waals surface area contributed by atoms with Crippen molar-refractivity contribution in [1.82, 2.24) is 14.1 Å². The molecule has 9 nitrogen and oxygen atoms in total. The van der Waals surface area contributed by atoms with Crippen LogP contribution in [-0.2, 0) is 36.2 Å². The van der Waals surface area contributed by atoms with Crippen LogP contribution in [0.25, 0.3) is 16.7 Å². The summed E-state index contributed by atoms with van der Waals surface area (Å²) >= 11 is 0.